The number of benzene rings is 1. The van der Waals surface area contributed by atoms with E-state index in [0.29, 0.717) is 10.1 Å². The van der Waals surface area contributed by atoms with Crippen LogP contribution in [0.3, 0.4) is 0 Å². The summed E-state index contributed by atoms with van der Waals surface area (Å²) in [4.78, 5) is 18.7. The Hall–Kier alpha value is -3.21. The molecule has 0 aliphatic heterocycles. The highest BCUT2D eigenvalue weighted by molar-refractivity contribution is 9.10. The van der Waals surface area contributed by atoms with E-state index >= 15 is 0 Å². The Labute approximate surface area is 196 Å². The molecule has 0 aliphatic rings. The van der Waals surface area contributed by atoms with Gasteiger partial charge in [-0.3, -0.25) is 9.48 Å². The van der Waals surface area contributed by atoms with Crippen LogP contribution in [-0.4, -0.2) is 42.2 Å². The minimum absolute atomic E-state index is 0.0588. The maximum absolute atomic E-state index is 13.9. The quantitative estimate of drug-likeness (QED) is 0.387. The molecule has 0 unspecified atom stereocenters. The molecule has 3 aromatic heterocycles. The summed E-state index contributed by atoms with van der Waals surface area (Å²) >= 11 is 3.37. The lowest BCUT2D eigenvalue weighted by molar-refractivity contribution is -0.142. The van der Waals surface area contributed by atoms with Gasteiger partial charge in [-0.25, -0.2) is 9.50 Å². The van der Waals surface area contributed by atoms with Gasteiger partial charge in [0.25, 0.3) is 5.91 Å². The lowest BCUT2D eigenvalue weighted by atomic mass is 10.0. The fourth-order valence-corrected chi connectivity index (χ4v) is 3.91. The van der Waals surface area contributed by atoms with E-state index in [1.54, 1.807) is 37.1 Å². The third kappa shape index (κ3) is 4.37. The van der Waals surface area contributed by atoms with Crippen LogP contribution in [0.2, 0.25) is 0 Å². The van der Waals surface area contributed by atoms with Gasteiger partial charge in [0.15, 0.2) is 17.0 Å². The Morgan fingerprint density at radius 3 is 2.48 bits per heavy atom. The number of aryl methyl sites for hydroxylation is 3. The Morgan fingerprint density at radius 2 is 1.88 bits per heavy atom. The van der Waals surface area contributed by atoms with Crippen LogP contribution in [0.25, 0.3) is 16.9 Å². The summed E-state index contributed by atoms with van der Waals surface area (Å²) in [6, 6.07) is 7.58. The maximum atomic E-state index is 13.9. The van der Waals surface area contributed by atoms with Crippen molar-refractivity contribution in [2.75, 3.05) is 7.05 Å². The molecule has 0 aliphatic carbocycles. The Balaban J connectivity index is 1.77. The van der Waals surface area contributed by atoms with Crippen molar-refractivity contribution < 1.29 is 18.0 Å². The summed E-state index contributed by atoms with van der Waals surface area (Å²) in [5.41, 5.74) is 2.22. The number of nitrogens with zero attached hydrogens (tertiary/aromatic N) is 6. The van der Waals surface area contributed by atoms with Crippen LogP contribution < -0.4 is 0 Å². The van der Waals surface area contributed by atoms with Crippen molar-refractivity contribution in [3.05, 3.63) is 69.2 Å². The van der Waals surface area contributed by atoms with Gasteiger partial charge >= 0.3 is 6.18 Å². The maximum Gasteiger partial charge on any atom is 0.433 e. The number of carbonyl (C=O) groups is 1. The molecule has 7 nitrogen and oxygen atoms in total. The molecule has 33 heavy (non-hydrogen) atoms. The predicted octanol–water partition coefficient (Wildman–Crippen LogP) is 4.80. The molecular weight excluding hydrogens is 501 g/mol. The average molecular weight is 521 g/mol. The van der Waals surface area contributed by atoms with E-state index in [-0.39, 0.29) is 23.6 Å². The van der Waals surface area contributed by atoms with Crippen molar-refractivity contribution in [2.24, 2.45) is 7.05 Å². The van der Waals surface area contributed by atoms with Crippen molar-refractivity contribution >= 4 is 27.5 Å². The lowest BCUT2D eigenvalue weighted by Gasteiger charge is -2.16. The van der Waals surface area contributed by atoms with Crippen molar-refractivity contribution in [2.45, 2.75) is 26.6 Å². The summed E-state index contributed by atoms with van der Waals surface area (Å²) in [6.45, 7) is 4.00. The van der Waals surface area contributed by atoms with Gasteiger partial charge in [-0.05, 0) is 53.0 Å². The van der Waals surface area contributed by atoms with E-state index < -0.39 is 17.8 Å². The van der Waals surface area contributed by atoms with Gasteiger partial charge in [0.1, 0.15) is 0 Å². The normalized spacial score (nSPS) is 11.9. The second-order valence-corrected chi connectivity index (χ2v) is 8.70. The van der Waals surface area contributed by atoms with Gasteiger partial charge in [-0.1, -0.05) is 12.1 Å². The molecule has 1 aromatic carbocycles. The van der Waals surface area contributed by atoms with Crippen LogP contribution in [0.5, 0.6) is 0 Å². The third-order valence-electron chi connectivity index (χ3n) is 5.48. The molecule has 11 heteroatoms. The number of carbonyl (C=O) groups excluding carboxylic acids is 1. The first-order valence-corrected chi connectivity index (χ1v) is 10.7. The van der Waals surface area contributed by atoms with Gasteiger partial charge in [0, 0.05) is 25.7 Å². The highest BCUT2D eigenvalue weighted by atomic mass is 79.9. The fourth-order valence-electron chi connectivity index (χ4n) is 3.44. The molecule has 0 saturated carbocycles. The Bertz CT molecular complexity index is 1360. The number of hydrogen-bond acceptors (Lipinski definition) is 4. The summed E-state index contributed by atoms with van der Waals surface area (Å²) < 4.78 is 44.6. The number of halogens is 4. The van der Waals surface area contributed by atoms with E-state index in [1.807, 2.05) is 19.9 Å². The van der Waals surface area contributed by atoms with Crippen LogP contribution in [-0.2, 0) is 19.8 Å². The standard InChI is InChI=1S/C22H20BrF3N6O/c1-12-5-6-14(7-13(12)2)16-8-19(22(24,25)26)32-20(28-16)9-17(29-32)21(33)30(3)11-18-15(23)10-27-31(18)4/h5-10H,11H2,1-4H3. The summed E-state index contributed by atoms with van der Waals surface area (Å²) in [5.74, 6) is -0.533. The van der Waals surface area contributed by atoms with Gasteiger partial charge < -0.3 is 4.90 Å². The number of alkyl halides is 3. The minimum atomic E-state index is -4.69. The van der Waals surface area contributed by atoms with Crippen LogP contribution in [0.4, 0.5) is 13.2 Å². The highest BCUT2D eigenvalue weighted by Gasteiger charge is 2.36. The summed E-state index contributed by atoms with van der Waals surface area (Å²) in [6.07, 6.45) is -3.08. The lowest BCUT2D eigenvalue weighted by Crippen LogP contribution is -2.28. The number of aromatic nitrogens is 5. The molecule has 1 amide bonds. The van der Waals surface area contributed by atoms with E-state index in [4.69, 9.17) is 0 Å². The zero-order chi connectivity index (χ0) is 24.1. The highest BCUT2D eigenvalue weighted by Crippen LogP contribution is 2.33. The molecule has 0 bridgehead atoms. The molecule has 0 fully saturated rings. The largest absolute Gasteiger partial charge is 0.433 e. The molecule has 3 heterocycles. The monoisotopic (exact) mass is 520 g/mol. The van der Waals surface area contributed by atoms with Gasteiger partial charge in [-0.2, -0.15) is 23.4 Å². The first-order valence-electron chi connectivity index (χ1n) is 9.93. The first-order chi connectivity index (χ1) is 15.5. The molecular formula is C22H20BrF3N6O. The molecule has 0 saturated heterocycles. The molecule has 0 spiro atoms. The van der Waals surface area contributed by atoms with Crippen LogP contribution in [0.15, 0.2) is 41.0 Å². The van der Waals surface area contributed by atoms with E-state index in [9.17, 15) is 18.0 Å². The van der Waals surface area contributed by atoms with Crippen molar-refractivity contribution in [3.8, 4) is 11.3 Å². The molecule has 0 radical (unpaired) electrons. The molecule has 172 valence electrons. The molecule has 0 atom stereocenters. The molecule has 4 rings (SSSR count). The average Bonchev–Trinajstić information content (AvgIpc) is 3.32. The number of rotatable bonds is 4. The van der Waals surface area contributed by atoms with Gasteiger partial charge in [0.2, 0.25) is 0 Å². The van der Waals surface area contributed by atoms with Crippen LogP contribution >= 0.6 is 15.9 Å². The number of hydrogen-bond donors (Lipinski definition) is 0. The van der Waals surface area contributed by atoms with Crippen molar-refractivity contribution in [3.63, 3.8) is 0 Å². The van der Waals surface area contributed by atoms with Gasteiger partial charge in [-0.15, -0.1) is 0 Å². The first kappa shape index (κ1) is 23.0. The topological polar surface area (TPSA) is 68.3 Å². The smallest absolute Gasteiger partial charge is 0.334 e. The van der Waals surface area contributed by atoms with E-state index in [1.165, 1.54) is 11.0 Å². The minimum Gasteiger partial charge on any atom is -0.334 e. The zero-order valence-electron chi connectivity index (χ0n) is 18.3. The third-order valence-corrected chi connectivity index (χ3v) is 6.15. The Kier molecular flexibility index (Phi) is 5.77. The van der Waals surface area contributed by atoms with E-state index in [0.717, 1.165) is 27.4 Å². The summed E-state index contributed by atoms with van der Waals surface area (Å²) in [5, 5.41) is 8.05. The van der Waals surface area contributed by atoms with Crippen molar-refractivity contribution in [1.82, 2.24) is 29.3 Å². The number of fused-ring (bicyclic) bond motifs is 1. The Morgan fingerprint density at radius 1 is 1.15 bits per heavy atom. The van der Waals surface area contributed by atoms with Crippen LogP contribution in [0, 0.1) is 13.8 Å². The van der Waals surface area contributed by atoms with Crippen LogP contribution in [0.1, 0.15) is 33.0 Å². The molecule has 0 N–H and O–H groups in total. The number of amides is 1. The second-order valence-electron chi connectivity index (χ2n) is 7.85. The second kappa shape index (κ2) is 8.29. The van der Waals surface area contributed by atoms with Gasteiger partial charge in [0.05, 0.1) is 28.6 Å². The summed E-state index contributed by atoms with van der Waals surface area (Å²) in [7, 11) is 3.28. The zero-order valence-corrected chi connectivity index (χ0v) is 19.9. The van der Waals surface area contributed by atoms with Crippen molar-refractivity contribution in [1.29, 1.82) is 0 Å². The predicted molar refractivity (Wildman–Crippen MR) is 120 cm³/mol. The van der Waals surface area contributed by atoms with E-state index in [2.05, 4.69) is 31.1 Å². The molecule has 4 aromatic rings. The SMILES string of the molecule is Cc1ccc(-c2cc(C(F)(F)F)n3nc(C(=O)N(C)Cc4c(Br)cnn4C)cc3n2)cc1C. The fraction of sp³-hybridized carbons (Fsp3) is 0.273.